The molecule has 0 heterocycles. The summed E-state index contributed by atoms with van der Waals surface area (Å²) in [4.78, 5) is 0. The van der Waals surface area contributed by atoms with Gasteiger partial charge in [0.1, 0.15) is 6.61 Å². The van der Waals surface area contributed by atoms with Gasteiger partial charge in [0.25, 0.3) is 0 Å². The lowest BCUT2D eigenvalue weighted by atomic mass is 10.2. The summed E-state index contributed by atoms with van der Waals surface area (Å²) in [5, 5.41) is 9.48. The second kappa shape index (κ2) is 7.78. The predicted octanol–water partition coefficient (Wildman–Crippen LogP) is 3.68. The Balaban J connectivity index is 1.96. The van der Waals surface area contributed by atoms with Gasteiger partial charge in [0.2, 0.25) is 0 Å². The fraction of sp³-hybridized carbons (Fsp3) is 0.250. The van der Waals surface area contributed by atoms with E-state index in [-0.39, 0.29) is 6.61 Å². The van der Waals surface area contributed by atoms with Crippen molar-refractivity contribution in [1.29, 1.82) is 0 Å². The fourth-order valence-electron chi connectivity index (χ4n) is 1.68. The number of halogens is 1. The molecule has 0 aliphatic rings. The maximum Gasteiger partial charge on any atom is 0.161 e. The zero-order chi connectivity index (χ0) is 14.2. The van der Waals surface area contributed by atoms with Crippen molar-refractivity contribution < 1.29 is 14.6 Å². The Hall–Kier alpha value is -1.71. The summed E-state index contributed by atoms with van der Waals surface area (Å²) in [6.45, 7) is 1.04. The second-order valence-corrected chi connectivity index (χ2v) is 4.72. The Morgan fingerprint density at radius 3 is 2.20 bits per heavy atom. The van der Waals surface area contributed by atoms with E-state index in [2.05, 4.69) is 0 Å². The minimum atomic E-state index is 0.119. The molecular formula is C16H17ClO3. The van der Waals surface area contributed by atoms with Gasteiger partial charge in [-0.1, -0.05) is 35.9 Å². The molecule has 2 aromatic rings. The van der Waals surface area contributed by atoms with Crippen LogP contribution in [-0.2, 0) is 6.61 Å². The van der Waals surface area contributed by atoms with Crippen LogP contribution in [0, 0.1) is 0 Å². The predicted molar refractivity (Wildman–Crippen MR) is 79.4 cm³/mol. The van der Waals surface area contributed by atoms with E-state index >= 15 is 0 Å². The first-order valence-corrected chi connectivity index (χ1v) is 6.87. The van der Waals surface area contributed by atoms with E-state index in [1.54, 1.807) is 0 Å². The Morgan fingerprint density at radius 2 is 1.55 bits per heavy atom. The quantitative estimate of drug-likeness (QED) is 0.791. The average molecular weight is 293 g/mol. The van der Waals surface area contributed by atoms with Crippen LogP contribution >= 0.6 is 11.6 Å². The molecule has 3 nitrogen and oxygen atoms in total. The molecule has 0 atom stereocenters. The highest BCUT2D eigenvalue weighted by Gasteiger charge is 2.04. The average Bonchev–Trinajstić information content (AvgIpc) is 2.48. The minimum absolute atomic E-state index is 0.119. The van der Waals surface area contributed by atoms with Crippen LogP contribution in [0.4, 0.5) is 0 Å². The van der Waals surface area contributed by atoms with E-state index < -0.39 is 0 Å². The van der Waals surface area contributed by atoms with Crippen LogP contribution in [0.25, 0.3) is 0 Å². The van der Waals surface area contributed by atoms with Crippen LogP contribution in [0.2, 0.25) is 5.02 Å². The summed E-state index contributed by atoms with van der Waals surface area (Å²) >= 11 is 5.84. The Kier molecular flexibility index (Phi) is 5.71. The largest absolute Gasteiger partial charge is 0.490 e. The molecule has 0 aliphatic carbocycles. The van der Waals surface area contributed by atoms with Gasteiger partial charge in [-0.2, -0.15) is 0 Å². The van der Waals surface area contributed by atoms with E-state index in [4.69, 9.17) is 26.2 Å². The highest BCUT2D eigenvalue weighted by Crippen LogP contribution is 2.27. The van der Waals surface area contributed by atoms with E-state index in [9.17, 15) is 0 Å². The summed E-state index contributed by atoms with van der Waals surface area (Å²) in [5.41, 5.74) is 1.04. The molecule has 1 N–H and O–H groups in total. The van der Waals surface area contributed by atoms with Crippen LogP contribution in [-0.4, -0.2) is 18.3 Å². The van der Waals surface area contributed by atoms with Gasteiger partial charge in [-0.25, -0.2) is 0 Å². The number of aliphatic hydroxyl groups is 1. The van der Waals surface area contributed by atoms with Gasteiger partial charge in [-0.15, -0.1) is 0 Å². The van der Waals surface area contributed by atoms with Gasteiger partial charge >= 0.3 is 0 Å². The Labute approximate surface area is 123 Å². The molecule has 4 heteroatoms. The Bertz CT molecular complexity index is 526. The summed E-state index contributed by atoms with van der Waals surface area (Å²) in [6.07, 6.45) is 0.603. The van der Waals surface area contributed by atoms with Crippen LogP contribution in [0.1, 0.15) is 12.0 Å². The highest BCUT2D eigenvalue weighted by molar-refractivity contribution is 6.30. The lowest BCUT2D eigenvalue weighted by Gasteiger charge is -2.12. The number of para-hydroxylation sites is 2. The molecule has 2 rings (SSSR count). The highest BCUT2D eigenvalue weighted by atomic mass is 35.5. The van der Waals surface area contributed by atoms with Crippen LogP contribution in [0.15, 0.2) is 48.5 Å². The van der Waals surface area contributed by atoms with Gasteiger partial charge in [0.05, 0.1) is 6.61 Å². The smallest absolute Gasteiger partial charge is 0.161 e. The third kappa shape index (κ3) is 4.44. The minimum Gasteiger partial charge on any atom is -0.490 e. The molecule has 0 aliphatic heterocycles. The van der Waals surface area contributed by atoms with Gasteiger partial charge in [0, 0.05) is 18.1 Å². The molecular weight excluding hydrogens is 276 g/mol. The molecule has 2 aromatic carbocycles. The van der Waals surface area contributed by atoms with Crippen molar-refractivity contribution in [3.63, 3.8) is 0 Å². The molecule has 0 fully saturated rings. The fourth-order valence-corrected chi connectivity index (χ4v) is 1.80. The van der Waals surface area contributed by atoms with Crippen molar-refractivity contribution in [3.05, 3.63) is 59.1 Å². The van der Waals surface area contributed by atoms with Gasteiger partial charge < -0.3 is 14.6 Å². The molecule has 106 valence electrons. The summed E-state index contributed by atoms with van der Waals surface area (Å²) in [6, 6.07) is 15.0. The first kappa shape index (κ1) is 14.7. The number of hydrogen-bond acceptors (Lipinski definition) is 3. The normalized spacial score (nSPS) is 10.3. The molecule has 0 saturated carbocycles. The van der Waals surface area contributed by atoms with E-state index in [1.807, 2.05) is 48.5 Å². The van der Waals surface area contributed by atoms with Crippen molar-refractivity contribution in [2.75, 3.05) is 13.2 Å². The molecule has 0 spiro atoms. The lowest BCUT2D eigenvalue weighted by molar-refractivity contribution is 0.221. The second-order valence-electron chi connectivity index (χ2n) is 4.29. The lowest BCUT2D eigenvalue weighted by Crippen LogP contribution is -2.02. The monoisotopic (exact) mass is 292 g/mol. The van der Waals surface area contributed by atoms with Gasteiger partial charge in [0.15, 0.2) is 11.5 Å². The SMILES string of the molecule is OCCCOc1ccccc1OCc1ccc(Cl)cc1. The van der Waals surface area contributed by atoms with Crippen LogP contribution in [0.5, 0.6) is 11.5 Å². The molecule has 0 unspecified atom stereocenters. The standard InChI is InChI=1S/C16H17ClO3/c17-14-8-6-13(7-9-14)12-20-16-5-2-1-4-15(16)19-11-3-10-18/h1-2,4-9,18H,3,10-12H2. The summed E-state index contributed by atoms with van der Waals surface area (Å²) in [5.74, 6) is 1.38. The van der Waals surface area contributed by atoms with Crippen LogP contribution < -0.4 is 9.47 Å². The molecule has 0 amide bonds. The number of ether oxygens (including phenoxy) is 2. The van der Waals surface area contributed by atoms with Crippen molar-refractivity contribution in [1.82, 2.24) is 0 Å². The van der Waals surface area contributed by atoms with Gasteiger partial charge in [-0.05, 0) is 29.8 Å². The van der Waals surface area contributed by atoms with Crippen molar-refractivity contribution in [3.8, 4) is 11.5 Å². The molecule has 20 heavy (non-hydrogen) atoms. The number of hydrogen-bond donors (Lipinski definition) is 1. The maximum atomic E-state index is 8.77. The topological polar surface area (TPSA) is 38.7 Å². The third-order valence-electron chi connectivity index (χ3n) is 2.72. The molecule has 0 aromatic heterocycles. The first-order valence-electron chi connectivity index (χ1n) is 6.49. The molecule has 0 bridgehead atoms. The van der Waals surface area contributed by atoms with E-state index in [1.165, 1.54) is 0 Å². The number of rotatable bonds is 7. The summed E-state index contributed by atoms with van der Waals surface area (Å²) in [7, 11) is 0. The van der Waals surface area contributed by atoms with E-state index in [0.717, 1.165) is 5.56 Å². The summed E-state index contributed by atoms with van der Waals surface area (Å²) < 4.78 is 11.3. The number of aliphatic hydroxyl groups excluding tert-OH is 1. The number of benzene rings is 2. The zero-order valence-electron chi connectivity index (χ0n) is 11.1. The molecule has 0 saturated heterocycles. The van der Waals surface area contributed by atoms with Crippen molar-refractivity contribution in [2.45, 2.75) is 13.0 Å². The van der Waals surface area contributed by atoms with Crippen molar-refractivity contribution in [2.24, 2.45) is 0 Å². The Morgan fingerprint density at radius 1 is 0.900 bits per heavy atom. The molecule has 0 radical (unpaired) electrons. The third-order valence-corrected chi connectivity index (χ3v) is 2.97. The van der Waals surface area contributed by atoms with Crippen molar-refractivity contribution >= 4 is 11.6 Å². The zero-order valence-corrected chi connectivity index (χ0v) is 11.8. The maximum absolute atomic E-state index is 8.77. The van der Waals surface area contributed by atoms with Crippen LogP contribution in [0.3, 0.4) is 0 Å². The van der Waals surface area contributed by atoms with E-state index in [0.29, 0.717) is 36.2 Å². The first-order chi connectivity index (χ1) is 9.79. The van der Waals surface area contributed by atoms with Gasteiger partial charge in [-0.3, -0.25) is 0 Å².